The first-order valence-electron chi connectivity index (χ1n) is 7.06. The molecule has 0 radical (unpaired) electrons. The van der Waals surface area contributed by atoms with Crippen LogP contribution in [-0.4, -0.2) is 34.3 Å². The Balaban J connectivity index is 1.98. The van der Waals surface area contributed by atoms with E-state index < -0.39 is 35.4 Å². The molecule has 24 heavy (non-hydrogen) atoms. The maximum Gasteiger partial charge on any atom is 0.434 e. The Morgan fingerprint density at radius 3 is 2.58 bits per heavy atom. The first-order valence-corrected chi connectivity index (χ1v) is 7.06. The van der Waals surface area contributed by atoms with Crippen molar-refractivity contribution in [3.63, 3.8) is 0 Å². The zero-order valence-electron chi connectivity index (χ0n) is 12.2. The quantitative estimate of drug-likeness (QED) is 0.868. The van der Waals surface area contributed by atoms with Gasteiger partial charge in [-0.25, -0.2) is 9.48 Å². The maximum atomic E-state index is 13.4. The van der Waals surface area contributed by atoms with Crippen LogP contribution in [0.5, 0.6) is 0 Å². The van der Waals surface area contributed by atoms with Crippen molar-refractivity contribution < 1.29 is 27.5 Å². The molecule has 0 aliphatic carbocycles. The smallest absolute Gasteiger partial charge is 0.434 e. The maximum absolute atomic E-state index is 13.4. The summed E-state index contributed by atoms with van der Waals surface area (Å²) >= 11 is 0. The minimum atomic E-state index is -4.80. The second-order valence-electron chi connectivity index (χ2n) is 5.13. The molecule has 126 valence electrons. The Bertz CT molecular complexity index is 771. The van der Waals surface area contributed by atoms with E-state index >= 15 is 0 Å². The van der Waals surface area contributed by atoms with E-state index in [0.29, 0.717) is 4.68 Å². The van der Waals surface area contributed by atoms with Gasteiger partial charge >= 0.3 is 12.1 Å². The summed E-state index contributed by atoms with van der Waals surface area (Å²) < 4.78 is 45.7. The molecule has 6 nitrogen and oxygen atoms in total. The molecule has 0 bridgehead atoms. The van der Waals surface area contributed by atoms with Crippen molar-refractivity contribution in [3.8, 4) is 5.69 Å². The number of amides is 1. The highest BCUT2D eigenvalue weighted by molar-refractivity contribution is 5.98. The summed E-state index contributed by atoms with van der Waals surface area (Å²) in [6.45, 7) is 0.124. The molecule has 1 aliphatic heterocycles. The number of halogens is 3. The van der Waals surface area contributed by atoms with Crippen LogP contribution in [0.25, 0.3) is 5.69 Å². The second-order valence-corrected chi connectivity index (χ2v) is 5.13. The minimum absolute atomic E-state index is 0.124. The van der Waals surface area contributed by atoms with Crippen LogP contribution in [0.1, 0.15) is 22.5 Å². The molecule has 2 heterocycles. The van der Waals surface area contributed by atoms with E-state index in [4.69, 9.17) is 0 Å². The van der Waals surface area contributed by atoms with E-state index in [1.807, 2.05) is 0 Å². The fourth-order valence-electron chi connectivity index (χ4n) is 2.42. The topological polar surface area (TPSA) is 73.2 Å². The van der Waals surface area contributed by atoms with Crippen LogP contribution >= 0.6 is 0 Å². The van der Waals surface area contributed by atoms with Crippen molar-refractivity contribution in [3.05, 3.63) is 47.8 Å². The van der Waals surface area contributed by atoms with Crippen LogP contribution in [-0.2, 0) is 15.7 Å². The highest BCUT2D eigenvalue weighted by atomic mass is 19.4. The number of ether oxygens (including phenoxy) is 1. The molecule has 1 unspecified atom stereocenters. The number of carbonyl (C=O) groups excluding carboxylic acids is 2. The molecule has 0 saturated carbocycles. The summed E-state index contributed by atoms with van der Waals surface area (Å²) in [6, 6.07) is 6.71. The molecule has 1 N–H and O–H groups in total. The number of benzene rings is 1. The Kier molecular flexibility index (Phi) is 4.00. The predicted octanol–water partition coefficient (Wildman–Crippen LogP) is 1.94. The summed E-state index contributed by atoms with van der Waals surface area (Å²) in [7, 11) is 0. The van der Waals surface area contributed by atoms with Gasteiger partial charge in [0.2, 0.25) is 0 Å². The molecule has 1 fully saturated rings. The van der Waals surface area contributed by atoms with Crippen LogP contribution in [0.15, 0.2) is 36.5 Å². The lowest BCUT2D eigenvalue weighted by Gasteiger charge is -2.13. The summed E-state index contributed by atoms with van der Waals surface area (Å²) in [6.07, 6.45) is -3.74. The number of rotatable bonds is 3. The van der Waals surface area contributed by atoms with Gasteiger partial charge in [0.15, 0.2) is 5.69 Å². The van der Waals surface area contributed by atoms with E-state index in [1.54, 1.807) is 18.2 Å². The molecule has 1 amide bonds. The van der Waals surface area contributed by atoms with Crippen molar-refractivity contribution in [2.45, 2.75) is 18.6 Å². The van der Waals surface area contributed by atoms with Crippen molar-refractivity contribution in [1.82, 2.24) is 15.1 Å². The Hall–Kier alpha value is -2.84. The third-order valence-corrected chi connectivity index (χ3v) is 3.52. The predicted molar refractivity (Wildman–Crippen MR) is 75.4 cm³/mol. The fourth-order valence-corrected chi connectivity index (χ4v) is 2.42. The average molecular weight is 339 g/mol. The van der Waals surface area contributed by atoms with E-state index in [2.05, 4.69) is 15.2 Å². The van der Waals surface area contributed by atoms with Gasteiger partial charge in [0.25, 0.3) is 5.91 Å². The van der Waals surface area contributed by atoms with E-state index in [-0.39, 0.29) is 18.7 Å². The lowest BCUT2D eigenvalue weighted by Crippen LogP contribution is -2.38. The first-order chi connectivity index (χ1) is 11.4. The number of hydrogen-bond acceptors (Lipinski definition) is 4. The largest absolute Gasteiger partial charge is 0.464 e. The summed E-state index contributed by atoms with van der Waals surface area (Å²) in [5.41, 5.74) is -1.67. The SMILES string of the molecule is O=C(NC1CCOC1=O)c1cnn(-c2ccccc2)c1C(F)(F)F. The summed E-state index contributed by atoms with van der Waals surface area (Å²) in [4.78, 5) is 23.6. The van der Waals surface area contributed by atoms with Gasteiger partial charge in [0, 0.05) is 6.42 Å². The first kappa shape index (κ1) is 16.0. The van der Waals surface area contributed by atoms with Gasteiger partial charge in [-0.1, -0.05) is 18.2 Å². The molecule has 2 aromatic rings. The molecular formula is C15H12F3N3O3. The summed E-state index contributed by atoms with van der Waals surface area (Å²) in [5.74, 6) is -1.68. The zero-order chi connectivity index (χ0) is 17.3. The van der Waals surface area contributed by atoms with E-state index in [9.17, 15) is 22.8 Å². The van der Waals surface area contributed by atoms with E-state index in [1.165, 1.54) is 12.1 Å². The number of carbonyl (C=O) groups is 2. The monoisotopic (exact) mass is 339 g/mol. The van der Waals surface area contributed by atoms with Crippen molar-refractivity contribution in [1.29, 1.82) is 0 Å². The fraction of sp³-hybridized carbons (Fsp3) is 0.267. The number of alkyl halides is 3. The number of nitrogens with zero attached hydrogens (tertiary/aromatic N) is 2. The molecule has 1 atom stereocenters. The van der Waals surface area contributed by atoms with Crippen LogP contribution < -0.4 is 5.32 Å². The minimum Gasteiger partial charge on any atom is -0.464 e. The highest BCUT2D eigenvalue weighted by Gasteiger charge is 2.41. The second kappa shape index (κ2) is 5.99. The molecule has 1 saturated heterocycles. The molecule has 1 aliphatic rings. The standard InChI is InChI=1S/C15H12F3N3O3/c16-15(17,18)12-10(13(22)20-11-6-7-24-14(11)23)8-19-21(12)9-4-2-1-3-5-9/h1-5,8,11H,6-7H2,(H,20,22). The number of aromatic nitrogens is 2. The molecule has 3 rings (SSSR count). The zero-order valence-corrected chi connectivity index (χ0v) is 12.2. The molecule has 9 heteroatoms. The number of cyclic esters (lactones) is 1. The molecule has 0 spiro atoms. The highest BCUT2D eigenvalue weighted by Crippen LogP contribution is 2.33. The molecular weight excluding hydrogens is 327 g/mol. The Labute approximate surface area is 134 Å². The van der Waals surface area contributed by atoms with Crippen molar-refractivity contribution in [2.24, 2.45) is 0 Å². The van der Waals surface area contributed by atoms with Gasteiger partial charge in [-0.2, -0.15) is 18.3 Å². The third kappa shape index (κ3) is 2.97. The molecule has 1 aromatic carbocycles. The number of nitrogens with one attached hydrogen (secondary N) is 1. The average Bonchev–Trinajstić information content (AvgIpc) is 3.15. The van der Waals surface area contributed by atoms with Gasteiger partial charge in [-0.15, -0.1) is 0 Å². The van der Waals surface area contributed by atoms with Gasteiger partial charge in [-0.05, 0) is 12.1 Å². The lowest BCUT2D eigenvalue weighted by molar-refractivity contribution is -0.143. The van der Waals surface area contributed by atoms with Crippen LogP contribution in [0.4, 0.5) is 13.2 Å². The third-order valence-electron chi connectivity index (χ3n) is 3.52. The van der Waals surface area contributed by atoms with E-state index in [0.717, 1.165) is 6.20 Å². The Morgan fingerprint density at radius 2 is 2.00 bits per heavy atom. The Morgan fingerprint density at radius 1 is 1.29 bits per heavy atom. The van der Waals surface area contributed by atoms with Gasteiger partial charge in [0.1, 0.15) is 6.04 Å². The summed E-state index contributed by atoms with van der Waals surface area (Å²) in [5, 5.41) is 5.94. The van der Waals surface area contributed by atoms with Crippen molar-refractivity contribution in [2.75, 3.05) is 6.61 Å². The number of esters is 1. The number of hydrogen-bond donors (Lipinski definition) is 1. The molecule has 1 aromatic heterocycles. The normalized spacial score (nSPS) is 17.6. The number of para-hydroxylation sites is 1. The van der Waals surface area contributed by atoms with Gasteiger partial charge < -0.3 is 10.1 Å². The van der Waals surface area contributed by atoms with Crippen LogP contribution in [0.2, 0.25) is 0 Å². The van der Waals surface area contributed by atoms with Gasteiger partial charge in [-0.3, -0.25) is 4.79 Å². The van der Waals surface area contributed by atoms with Crippen LogP contribution in [0, 0.1) is 0 Å². The van der Waals surface area contributed by atoms with Gasteiger partial charge in [0.05, 0.1) is 24.1 Å². The van der Waals surface area contributed by atoms with Crippen molar-refractivity contribution >= 4 is 11.9 Å². The van der Waals surface area contributed by atoms with Crippen LogP contribution in [0.3, 0.4) is 0 Å². The lowest BCUT2D eigenvalue weighted by atomic mass is 10.2.